The van der Waals surface area contributed by atoms with Gasteiger partial charge in [-0.1, -0.05) is 0 Å². The summed E-state index contributed by atoms with van der Waals surface area (Å²) in [5, 5.41) is 4.55. The highest BCUT2D eigenvalue weighted by molar-refractivity contribution is 5.46. The minimum absolute atomic E-state index is 0.425. The van der Waals surface area contributed by atoms with Crippen molar-refractivity contribution in [2.75, 3.05) is 51.9 Å². The summed E-state index contributed by atoms with van der Waals surface area (Å²) in [5.74, 6) is 0.532. The largest absolute Gasteiger partial charge is 0.473 e. The molecule has 7 nitrogen and oxygen atoms in total. The van der Waals surface area contributed by atoms with Crippen LogP contribution in [0.5, 0.6) is 5.88 Å². The van der Waals surface area contributed by atoms with Crippen LogP contribution in [0.1, 0.15) is 38.6 Å². The fourth-order valence-electron chi connectivity index (χ4n) is 3.66. The van der Waals surface area contributed by atoms with Gasteiger partial charge in [0.05, 0.1) is 32.1 Å². The molecule has 0 radical (unpaired) electrons. The average Bonchev–Trinajstić information content (AvgIpc) is 3.00. The SMILES string of the molecule is CCOCCOc1nn(C2CCC(N3CCOCC3)CC2)cc1N. The summed E-state index contributed by atoms with van der Waals surface area (Å²) in [4.78, 5) is 2.58. The molecule has 0 amide bonds. The van der Waals surface area contributed by atoms with Crippen molar-refractivity contribution in [2.45, 2.75) is 44.7 Å². The molecule has 0 spiro atoms. The molecule has 1 aromatic rings. The number of nitrogen functional groups attached to an aromatic ring is 1. The Hall–Kier alpha value is -1.31. The van der Waals surface area contributed by atoms with Crippen molar-refractivity contribution in [1.82, 2.24) is 14.7 Å². The van der Waals surface area contributed by atoms with Crippen LogP contribution in [0.4, 0.5) is 5.69 Å². The van der Waals surface area contributed by atoms with Crippen molar-refractivity contribution in [3.63, 3.8) is 0 Å². The summed E-state index contributed by atoms with van der Waals surface area (Å²) in [6, 6.07) is 1.12. The van der Waals surface area contributed by atoms with E-state index in [1.165, 1.54) is 12.8 Å². The Morgan fingerprint density at radius 3 is 2.58 bits per heavy atom. The number of anilines is 1. The van der Waals surface area contributed by atoms with Gasteiger partial charge in [-0.3, -0.25) is 9.58 Å². The molecule has 2 aliphatic rings. The van der Waals surface area contributed by atoms with Crippen LogP contribution >= 0.6 is 0 Å². The molecule has 0 aromatic carbocycles. The van der Waals surface area contributed by atoms with Gasteiger partial charge in [0, 0.05) is 25.7 Å². The average molecular weight is 338 g/mol. The second kappa shape index (κ2) is 8.69. The molecule has 0 atom stereocenters. The van der Waals surface area contributed by atoms with E-state index in [1.807, 2.05) is 17.8 Å². The standard InChI is InChI=1S/C17H30N4O3/c1-2-22-11-12-24-17-16(18)13-21(19-17)15-5-3-14(4-6-15)20-7-9-23-10-8-20/h13-15H,2-12,18H2,1H3. The first-order valence-corrected chi connectivity index (χ1v) is 9.15. The first kappa shape index (κ1) is 17.5. The van der Waals surface area contributed by atoms with E-state index < -0.39 is 0 Å². The van der Waals surface area contributed by atoms with Gasteiger partial charge in [-0.15, -0.1) is 5.10 Å². The van der Waals surface area contributed by atoms with Crippen molar-refractivity contribution in [1.29, 1.82) is 0 Å². The van der Waals surface area contributed by atoms with Gasteiger partial charge in [0.15, 0.2) is 0 Å². The molecule has 1 saturated heterocycles. The summed E-state index contributed by atoms with van der Waals surface area (Å²) in [6.07, 6.45) is 6.62. The minimum Gasteiger partial charge on any atom is -0.473 e. The molecular weight excluding hydrogens is 308 g/mol. The Labute approximate surface area is 144 Å². The van der Waals surface area contributed by atoms with E-state index in [2.05, 4.69) is 10.00 Å². The molecule has 1 aromatic heterocycles. The molecule has 24 heavy (non-hydrogen) atoms. The first-order valence-electron chi connectivity index (χ1n) is 9.15. The zero-order chi connectivity index (χ0) is 16.8. The normalized spacial score (nSPS) is 25.7. The number of aromatic nitrogens is 2. The van der Waals surface area contributed by atoms with Crippen LogP contribution in [-0.4, -0.2) is 66.8 Å². The minimum atomic E-state index is 0.425. The third kappa shape index (κ3) is 4.40. The lowest BCUT2D eigenvalue weighted by atomic mass is 9.90. The Morgan fingerprint density at radius 1 is 1.17 bits per heavy atom. The maximum atomic E-state index is 6.04. The van der Waals surface area contributed by atoms with Gasteiger partial charge >= 0.3 is 0 Å². The lowest BCUT2D eigenvalue weighted by Crippen LogP contribution is -2.45. The van der Waals surface area contributed by atoms with Gasteiger partial charge in [0.2, 0.25) is 0 Å². The third-order valence-corrected chi connectivity index (χ3v) is 5.00. The van der Waals surface area contributed by atoms with Crippen LogP contribution in [-0.2, 0) is 9.47 Å². The topological polar surface area (TPSA) is 74.8 Å². The highest BCUT2D eigenvalue weighted by Gasteiger charge is 2.28. The zero-order valence-electron chi connectivity index (χ0n) is 14.7. The Bertz CT molecular complexity index is 494. The van der Waals surface area contributed by atoms with Crippen LogP contribution in [0.3, 0.4) is 0 Å². The van der Waals surface area contributed by atoms with Gasteiger partial charge in [0.25, 0.3) is 5.88 Å². The monoisotopic (exact) mass is 338 g/mol. The van der Waals surface area contributed by atoms with Crippen molar-refractivity contribution in [3.05, 3.63) is 6.20 Å². The molecule has 7 heteroatoms. The number of rotatable bonds is 7. The van der Waals surface area contributed by atoms with Gasteiger partial charge in [0.1, 0.15) is 12.3 Å². The molecule has 1 saturated carbocycles. The molecular formula is C17H30N4O3. The number of hydrogen-bond acceptors (Lipinski definition) is 6. The van der Waals surface area contributed by atoms with E-state index in [9.17, 15) is 0 Å². The maximum absolute atomic E-state index is 6.04. The van der Waals surface area contributed by atoms with E-state index >= 15 is 0 Å². The Balaban J connectivity index is 1.49. The van der Waals surface area contributed by atoms with Crippen LogP contribution in [0.2, 0.25) is 0 Å². The lowest BCUT2D eigenvalue weighted by Gasteiger charge is -2.38. The second-order valence-corrected chi connectivity index (χ2v) is 6.53. The highest BCUT2D eigenvalue weighted by atomic mass is 16.5. The number of nitrogens with two attached hydrogens (primary N) is 1. The number of nitrogens with zero attached hydrogens (tertiary/aromatic N) is 3. The number of morpholine rings is 1. The highest BCUT2D eigenvalue weighted by Crippen LogP contribution is 2.33. The van der Waals surface area contributed by atoms with E-state index in [1.54, 1.807) is 0 Å². The summed E-state index contributed by atoms with van der Waals surface area (Å²) >= 11 is 0. The molecule has 2 heterocycles. The van der Waals surface area contributed by atoms with E-state index in [4.69, 9.17) is 19.9 Å². The molecule has 2 fully saturated rings. The number of ether oxygens (including phenoxy) is 3. The predicted molar refractivity (Wildman–Crippen MR) is 92.3 cm³/mol. The molecule has 1 aliphatic carbocycles. The van der Waals surface area contributed by atoms with E-state index in [-0.39, 0.29) is 0 Å². The number of hydrogen-bond donors (Lipinski definition) is 1. The molecule has 0 bridgehead atoms. The molecule has 1 aliphatic heterocycles. The van der Waals surface area contributed by atoms with Crippen molar-refractivity contribution >= 4 is 5.69 Å². The summed E-state index contributed by atoms with van der Waals surface area (Å²) in [6.45, 7) is 7.60. The van der Waals surface area contributed by atoms with Gasteiger partial charge in [-0.05, 0) is 32.6 Å². The third-order valence-electron chi connectivity index (χ3n) is 5.00. The van der Waals surface area contributed by atoms with Gasteiger partial charge in [-0.2, -0.15) is 0 Å². The lowest BCUT2D eigenvalue weighted by molar-refractivity contribution is 0.00502. The van der Waals surface area contributed by atoms with Crippen LogP contribution in [0, 0.1) is 0 Å². The van der Waals surface area contributed by atoms with Crippen molar-refractivity contribution in [2.24, 2.45) is 0 Å². The maximum Gasteiger partial charge on any atom is 0.256 e. The van der Waals surface area contributed by atoms with E-state index in [0.29, 0.717) is 43.5 Å². The second-order valence-electron chi connectivity index (χ2n) is 6.53. The molecule has 0 unspecified atom stereocenters. The molecule has 3 rings (SSSR count). The van der Waals surface area contributed by atoms with Crippen molar-refractivity contribution < 1.29 is 14.2 Å². The van der Waals surface area contributed by atoms with Gasteiger partial charge < -0.3 is 19.9 Å². The van der Waals surface area contributed by atoms with E-state index in [0.717, 1.165) is 39.1 Å². The van der Waals surface area contributed by atoms with Crippen molar-refractivity contribution in [3.8, 4) is 5.88 Å². The first-order chi connectivity index (χ1) is 11.8. The smallest absolute Gasteiger partial charge is 0.256 e. The Kier molecular flexibility index (Phi) is 6.34. The van der Waals surface area contributed by atoms with Gasteiger partial charge in [-0.25, -0.2) is 0 Å². The van der Waals surface area contributed by atoms with Crippen LogP contribution in [0.15, 0.2) is 6.20 Å². The molecule has 2 N–H and O–H groups in total. The fraction of sp³-hybridized carbons (Fsp3) is 0.824. The summed E-state index contributed by atoms with van der Waals surface area (Å²) in [7, 11) is 0. The summed E-state index contributed by atoms with van der Waals surface area (Å²) in [5.41, 5.74) is 6.65. The fourth-order valence-corrected chi connectivity index (χ4v) is 3.66. The molecule has 136 valence electrons. The zero-order valence-corrected chi connectivity index (χ0v) is 14.7. The predicted octanol–water partition coefficient (Wildman–Crippen LogP) is 1.70. The van der Waals surface area contributed by atoms with Crippen LogP contribution in [0.25, 0.3) is 0 Å². The quantitative estimate of drug-likeness (QED) is 0.763. The Morgan fingerprint density at radius 2 is 1.88 bits per heavy atom. The summed E-state index contributed by atoms with van der Waals surface area (Å²) < 4.78 is 18.3. The van der Waals surface area contributed by atoms with Crippen LogP contribution < -0.4 is 10.5 Å².